The van der Waals surface area contributed by atoms with Gasteiger partial charge in [-0.3, -0.25) is 4.57 Å². The number of hydrogen-bond acceptors (Lipinski definition) is 7. The smallest absolute Gasteiger partial charge is 0.228 e. The van der Waals surface area contributed by atoms with Crippen molar-refractivity contribution in [2.24, 2.45) is 0 Å². The van der Waals surface area contributed by atoms with Crippen LogP contribution in [0.1, 0.15) is 13.3 Å². The molecule has 0 amide bonds. The molecule has 2 saturated heterocycles. The molecule has 0 N–H and O–H groups in total. The Balaban J connectivity index is 1.63. The zero-order valence-corrected chi connectivity index (χ0v) is 13.2. The molecule has 0 bridgehead atoms. The second-order valence-electron chi connectivity index (χ2n) is 5.04. The van der Waals surface area contributed by atoms with Crippen molar-refractivity contribution in [3.63, 3.8) is 0 Å². The van der Waals surface area contributed by atoms with E-state index in [-0.39, 0.29) is 6.10 Å². The molecule has 8 heteroatoms. The van der Waals surface area contributed by atoms with Crippen molar-refractivity contribution >= 4 is 17.7 Å². The monoisotopic (exact) mass is 314 g/mol. The van der Waals surface area contributed by atoms with Crippen LogP contribution >= 0.6 is 11.8 Å². The van der Waals surface area contributed by atoms with Gasteiger partial charge in [-0.05, 0) is 13.3 Å². The van der Waals surface area contributed by atoms with E-state index in [1.165, 1.54) is 0 Å². The van der Waals surface area contributed by atoms with Gasteiger partial charge in [0.05, 0.1) is 25.9 Å². The second kappa shape index (κ2) is 7.44. The van der Waals surface area contributed by atoms with Gasteiger partial charge in [-0.25, -0.2) is 0 Å². The van der Waals surface area contributed by atoms with Gasteiger partial charge in [0.15, 0.2) is 5.16 Å². The fraction of sp³-hybridized carbons (Fsp3) is 0.846. The van der Waals surface area contributed by atoms with Crippen molar-refractivity contribution in [2.45, 2.75) is 31.1 Å². The molecule has 0 radical (unpaired) electrons. The quantitative estimate of drug-likeness (QED) is 0.751. The SMILES string of the molecule is CCn1c(SCC2CCOCO2)nnc1N1CCOCC1. The molecule has 7 nitrogen and oxygen atoms in total. The zero-order chi connectivity index (χ0) is 14.5. The van der Waals surface area contributed by atoms with E-state index in [1.54, 1.807) is 11.8 Å². The molecule has 1 atom stereocenters. The number of hydrogen-bond donors (Lipinski definition) is 0. The Hall–Kier alpha value is -0.830. The first-order valence-corrected chi connectivity index (χ1v) is 8.45. The first-order chi connectivity index (χ1) is 10.4. The first kappa shape index (κ1) is 15.1. The number of nitrogens with zero attached hydrogens (tertiary/aromatic N) is 4. The lowest BCUT2D eigenvalue weighted by atomic mass is 10.3. The van der Waals surface area contributed by atoms with E-state index in [1.807, 2.05) is 0 Å². The predicted octanol–water partition coefficient (Wildman–Crippen LogP) is 0.990. The largest absolute Gasteiger partial charge is 0.378 e. The standard InChI is InChI=1S/C13H22N4O3S/c1-2-17-12(16-4-7-18-8-5-16)14-15-13(17)21-9-11-3-6-19-10-20-11/h11H,2-10H2,1H3. The molecule has 0 aliphatic carbocycles. The van der Waals surface area contributed by atoms with Gasteiger partial charge >= 0.3 is 0 Å². The fourth-order valence-corrected chi connectivity index (χ4v) is 3.53. The van der Waals surface area contributed by atoms with Gasteiger partial charge < -0.3 is 19.1 Å². The summed E-state index contributed by atoms with van der Waals surface area (Å²) < 4.78 is 18.3. The molecular formula is C13H22N4O3S. The van der Waals surface area contributed by atoms with Crippen molar-refractivity contribution in [3.8, 4) is 0 Å². The van der Waals surface area contributed by atoms with Crippen LogP contribution in [-0.2, 0) is 20.8 Å². The normalized spacial score (nSPS) is 23.5. The van der Waals surface area contributed by atoms with Gasteiger partial charge in [0, 0.05) is 25.4 Å². The lowest BCUT2D eigenvalue weighted by molar-refractivity contribution is -0.130. The molecule has 0 saturated carbocycles. The third kappa shape index (κ3) is 3.68. The van der Waals surface area contributed by atoms with Gasteiger partial charge in [0.25, 0.3) is 0 Å². The molecule has 21 heavy (non-hydrogen) atoms. The van der Waals surface area contributed by atoms with Crippen LogP contribution in [0.15, 0.2) is 5.16 Å². The Bertz CT molecular complexity index is 445. The topological polar surface area (TPSA) is 61.6 Å². The number of thioether (sulfide) groups is 1. The van der Waals surface area contributed by atoms with Gasteiger partial charge in [0.1, 0.15) is 6.79 Å². The van der Waals surface area contributed by atoms with Gasteiger partial charge in [-0.15, -0.1) is 10.2 Å². The molecule has 2 fully saturated rings. The molecule has 0 spiro atoms. The third-order valence-electron chi connectivity index (χ3n) is 3.68. The van der Waals surface area contributed by atoms with Crippen LogP contribution in [0.3, 0.4) is 0 Å². The summed E-state index contributed by atoms with van der Waals surface area (Å²) in [6, 6.07) is 0. The summed E-state index contributed by atoms with van der Waals surface area (Å²) in [6.07, 6.45) is 1.20. The minimum Gasteiger partial charge on any atom is -0.378 e. The van der Waals surface area contributed by atoms with E-state index in [4.69, 9.17) is 14.2 Å². The summed E-state index contributed by atoms with van der Waals surface area (Å²) >= 11 is 1.71. The highest BCUT2D eigenvalue weighted by molar-refractivity contribution is 7.99. The van der Waals surface area contributed by atoms with E-state index in [0.717, 1.165) is 62.7 Å². The van der Waals surface area contributed by atoms with E-state index >= 15 is 0 Å². The van der Waals surface area contributed by atoms with Crippen molar-refractivity contribution in [1.29, 1.82) is 0 Å². The molecule has 1 unspecified atom stereocenters. The molecular weight excluding hydrogens is 292 g/mol. The Labute approximate surface area is 128 Å². The lowest BCUT2D eigenvalue weighted by Gasteiger charge is -2.27. The number of anilines is 1. The van der Waals surface area contributed by atoms with Crippen molar-refractivity contribution in [2.75, 3.05) is 50.4 Å². The van der Waals surface area contributed by atoms with Crippen LogP contribution in [0.4, 0.5) is 5.95 Å². The highest BCUT2D eigenvalue weighted by Gasteiger charge is 2.21. The molecule has 118 valence electrons. The van der Waals surface area contributed by atoms with E-state index in [9.17, 15) is 0 Å². The van der Waals surface area contributed by atoms with Crippen LogP contribution in [0.25, 0.3) is 0 Å². The summed E-state index contributed by atoms with van der Waals surface area (Å²) in [6.45, 7) is 7.47. The molecule has 1 aromatic heterocycles. The molecule has 3 rings (SSSR count). The summed E-state index contributed by atoms with van der Waals surface area (Å²) in [5, 5.41) is 9.69. The maximum Gasteiger partial charge on any atom is 0.228 e. The van der Waals surface area contributed by atoms with Crippen molar-refractivity contribution in [3.05, 3.63) is 0 Å². The Morgan fingerprint density at radius 3 is 2.76 bits per heavy atom. The van der Waals surface area contributed by atoms with E-state index in [2.05, 4.69) is 26.6 Å². The summed E-state index contributed by atoms with van der Waals surface area (Å²) in [5.41, 5.74) is 0. The van der Waals surface area contributed by atoms with Gasteiger partial charge in [-0.1, -0.05) is 11.8 Å². The third-order valence-corrected chi connectivity index (χ3v) is 4.78. The highest BCUT2D eigenvalue weighted by atomic mass is 32.2. The van der Waals surface area contributed by atoms with E-state index < -0.39 is 0 Å². The predicted molar refractivity (Wildman–Crippen MR) is 79.8 cm³/mol. The minimum absolute atomic E-state index is 0.248. The van der Waals surface area contributed by atoms with Crippen LogP contribution in [0.2, 0.25) is 0 Å². The summed E-state index contributed by atoms with van der Waals surface area (Å²) in [4.78, 5) is 2.25. The maximum atomic E-state index is 5.57. The van der Waals surface area contributed by atoms with Crippen LogP contribution in [0.5, 0.6) is 0 Å². The maximum absolute atomic E-state index is 5.57. The Morgan fingerprint density at radius 2 is 2.05 bits per heavy atom. The average molecular weight is 314 g/mol. The number of aromatic nitrogens is 3. The van der Waals surface area contributed by atoms with Crippen molar-refractivity contribution in [1.82, 2.24) is 14.8 Å². The minimum atomic E-state index is 0.248. The summed E-state index contributed by atoms with van der Waals surface area (Å²) in [5.74, 6) is 1.85. The molecule has 3 heterocycles. The number of rotatable bonds is 5. The Morgan fingerprint density at radius 1 is 1.19 bits per heavy atom. The number of morpholine rings is 1. The van der Waals surface area contributed by atoms with Gasteiger partial charge in [0.2, 0.25) is 5.95 Å². The zero-order valence-electron chi connectivity index (χ0n) is 12.4. The highest BCUT2D eigenvalue weighted by Crippen LogP contribution is 2.24. The van der Waals surface area contributed by atoms with Crippen LogP contribution in [0, 0.1) is 0 Å². The molecule has 1 aromatic rings. The molecule has 2 aliphatic heterocycles. The first-order valence-electron chi connectivity index (χ1n) is 7.46. The van der Waals surface area contributed by atoms with Crippen molar-refractivity contribution < 1.29 is 14.2 Å². The second-order valence-corrected chi connectivity index (χ2v) is 6.03. The average Bonchev–Trinajstić information content (AvgIpc) is 2.97. The lowest BCUT2D eigenvalue weighted by Crippen LogP contribution is -2.38. The Kier molecular flexibility index (Phi) is 5.34. The fourth-order valence-electron chi connectivity index (χ4n) is 2.46. The van der Waals surface area contributed by atoms with Crippen LogP contribution < -0.4 is 4.90 Å². The van der Waals surface area contributed by atoms with E-state index in [0.29, 0.717) is 6.79 Å². The summed E-state index contributed by atoms with van der Waals surface area (Å²) in [7, 11) is 0. The molecule has 0 aromatic carbocycles. The van der Waals surface area contributed by atoms with Gasteiger partial charge in [-0.2, -0.15) is 0 Å². The van der Waals surface area contributed by atoms with Crippen LogP contribution in [-0.4, -0.2) is 66.3 Å². The molecule has 2 aliphatic rings. The number of ether oxygens (including phenoxy) is 3.